The van der Waals surface area contributed by atoms with Crippen molar-refractivity contribution in [2.75, 3.05) is 6.61 Å². The number of halogens is 4. The van der Waals surface area contributed by atoms with Crippen LogP contribution in [0.15, 0.2) is 0 Å². The van der Waals surface area contributed by atoms with E-state index in [1.807, 2.05) is 0 Å². The number of esters is 3. The van der Waals surface area contributed by atoms with E-state index >= 15 is 0 Å². The van der Waals surface area contributed by atoms with Crippen molar-refractivity contribution >= 4 is 39.7 Å². The van der Waals surface area contributed by atoms with Gasteiger partial charge in [0, 0.05) is 20.8 Å². The van der Waals surface area contributed by atoms with E-state index in [0.717, 1.165) is 20.8 Å². The van der Waals surface area contributed by atoms with Crippen LogP contribution in [0.2, 0.25) is 0 Å². The van der Waals surface area contributed by atoms with Crippen LogP contribution in [0.3, 0.4) is 0 Å². The Hall–Kier alpha value is -1.89. The highest BCUT2D eigenvalue weighted by Gasteiger charge is 2.52. The fourth-order valence-corrected chi connectivity index (χ4v) is 2.99. The summed E-state index contributed by atoms with van der Waals surface area (Å²) in [6, 6.07) is -1.55. The van der Waals surface area contributed by atoms with E-state index in [9.17, 15) is 32.3 Å². The van der Waals surface area contributed by atoms with E-state index in [1.165, 1.54) is 0 Å². The fraction of sp³-hybridized carbons (Fsp3) is 0.714. The van der Waals surface area contributed by atoms with Crippen LogP contribution in [-0.4, -0.2) is 66.0 Å². The van der Waals surface area contributed by atoms with Crippen molar-refractivity contribution < 1.29 is 51.3 Å². The van der Waals surface area contributed by atoms with Gasteiger partial charge in [0.05, 0.1) is 0 Å². The van der Waals surface area contributed by atoms with Gasteiger partial charge < -0.3 is 24.3 Å². The number of amides is 1. The van der Waals surface area contributed by atoms with E-state index in [1.54, 1.807) is 5.32 Å². The molecule has 0 aromatic heterocycles. The summed E-state index contributed by atoms with van der Waals surface area (Å²) in [5.74, 6) is -4.76. The van der Waals surface area contributed by atoms with Crippen LogP contribution in [0.25, 0.3) is 0 Å². The normalized spacial score (nSPS) is 28.0. The molecule has 1 rings (SSSR count). The van der Waals surface area contributed by atoms with Gasteiger partial charge in [-0.05, 0) is 0 Å². The number of ether oxygens (including phenoxy) is 4. The molecule has 1 aliphatic rings. The molecule has 0 radical (unpaired) electrons. The predicted molar refractivity (Wildman–Crippen MR) is 83.3 cm³/mol. The summed E-state index contributed by atoms with van der Waals surface area (Å²) in [6.07, 6.45) is -9.38. The van der Waals surface area contributed by atoms with E-state index in [0.29, 0.717) is 0 Å². The Bertz CT molecular complexity index is 599. The minimum absolute atomic E-state index is 0.437. The van der Waals surface area contributed by atoms with Gasteiger partial charge in [0.2, 0.25) is 0 Å². The molecule has 0 saturated carbocycles. The second-order valence-electron chi connectivity index (χ2n) is 5.47. The summed E-state index contributed by atoms with van der Waals surface area (Å²) in [5.41, 5.74) is 0. The molecule has 5 atom stereocenters. The molecule has 154 valence electrons. The zero-order valence-electron chi connectivity index (χ0n) is 14.4. The Morgan fingerprint density at radius 1 is 1.00 bits per heavy atom. The number of carbonyl (C=O) groups excluding carboxylic acids is 4. The van der Waals surface area contributed by atoms with Gasteiger partial charge in [0.25, 0.3) is 0 Å². The Morgan fingerprint density at radius 2 is 1.52 bits per heavy atom. The number of nitrogens with one attached hydrogen (secondary N) is 1. The van der Waals surface area contributed by atoms with Gasteiger partial charge >= 0.3 is 30.0 Å². The lowest BCUT2D eigenvalue weighted by molar-refractivity contribution is -0.214. The van der Waals surface area contributed by atoms with Crippen LogP contribution < -0.4 is 5.32 Å². The van der Waals surface area contributed by atoms with Crippen LogP contribution in [-0.2, 0) is 38.1 Å². The lowest BCUT2D eigenvalue weighted by atomic mass is 9.97. The van der Waals surface area contributed by atoms with Gasteiger partial charge in [-0.25, -0.2) is 0 Å². The molecule has 27 heavy (non-hydrogen) atoms. The maximum absolute atomic E-state index is 12.6. The van der Waals surface area contributed by atoms with Gasteiger partial charge in [-0.15, -0.1) is 0 Å². The summed E-state index contributed by atoms with van der Waals surface area (Å²) in [4.78, 5) is 45.1. The van der Waals surface area contributed by atoms with Crippen molar-refractivity contribution in [2.45, 2.75) is 56.3 Å². The molecule has 1 N–H and O–H groups in total. The first-order chi connectivity index (χ1) is 12.3. The van der Waals surface area contributed by atoms with Gasteiger partial charge in [0.1, 0.15) is 23.8 Å². The zero-order valence-corrected chi connectivity index (χ0v) is 16.0. The predicted octanol–water partition coefficient (Wildman–Crippen LogP) is 0.580. The zero-order chi connectivity index (χ0) is 20.9. The molecule has 1 saturated heterocycles. The molecule has 13 heteroatoms. The quantitative estimate of drug-likeness (QED) is 0.357. The first-order valence-electron chi connectivity index (χ1n) is 7.48. The smallest absolute Gasteiger partial charge is 0.463 e. The number of hydrogen-bond acceptors (Lipinski definition) is 8. The highest BCUT2D eigenvalue weighted by atomic mass is 79.9. The molecule has 0 bridgehead atoms. The maximum Gasteiger partial charge on any atom is 0.471 e. The van der Waals surface area contributed by atoms with Crippen molar-refractivity contribution in [3.05, 3.63) is 0 Å². The molecule has 1 amide bonds. The first kappa shape index (κ1) is 23.1. The average molecular weight is 464 g/mol. The molecule has 0 unspecified atom stereocenters. The van der Waals surface area contributed by atoms with Crippen LogP contribution >= 0.6 is 15.9 Å². The maximum atomic E-state index is 12.6. The van der Waals surface area contributed by atoms with Crippen molar-refractivity contribution in [3.63, 3.8) is 0 Å². The summed E-state index contributed by atoms with van der Waals surface area (Å²) in [7, 11) is 0. The second kappa shape index (κ2) is 9.35. The monoisotopic (exact) mass is 463 g/mol. The molecule has 0 aliphatic carbocycles. The number of rotatable bonds is 5. The van der Waals surface area contributed by atoms with E-state index in [2.05, 4.69) is 15.9 Å². The summed E-state index contributed by atoms with van der Waals surface area (Å²) in [6.45, 7) is 2.66. The Morgan fingerprint density at radius 3 is 1.96 bits per heavy atom. The molecule has 0 aromatic carbocycles. The Balaban J connectivity index is 3.18. The van der Waals surface area contributed by atoms with Crippen molar-refractivity contribution in [1.82, 2.24) is 5.32 Å². The third kappa shape index (κ3) is 6.97. The molecule has 0 aromatic rings. The van der Waals surface area contributed by atoms with Crippen molar-refractivity contribution in [2.24, 2.45) is 0 Å². The summed E-state index contributed by atoms with van der Waals surface area (Å²) >= 11 is 2.94. The molecule has 0 spiro atoms. The summed E-state index contributed by atoms with van der Waals surface area (Å²) < 4.78 is 57.9. The van der Waals surface area contributed by atoms with Crippen molar-refractivity contribution in [3.8, 4) is 0 Å². The fourth-order valence-electron chi connectivity index (χ4n) is 2.28. The van der Waals surface area contributed by atoms with Crippen molar-refractivity contribution in [1.29, 1.82) is 0 Å². The standard InChI is InChI=1S/C14H17BrF3NO8/c1-5(20)24-4-8-10(25-6(2)21)11(26-7(3)22)9(12(15)27-8)19-13(23)14(16,17)18/h8-12H,4H2,1-3H3,(H,19,23)/t8-,9+,10-,11-,12+/m1/s1. The van der Waals surface area contributed by atoms with Gasteiger partial charge in [-0.3, -0.25) is 19.2 Å². The number of alkyl halides is 4. The van der Waals surface area contributed by atoms with E-state index in [4.69, 9.17) is 18.9 Å². The molecule has 1 heterocycles. The SMILES string of the molecule is CC(=O)OC[C@H]1O[C@H](Br)[C@@H](NC(=O)C(F)(F)F)[C@@H](OC(C)=O)[C@@H]1OC(C)=O. The number of carbonyl (C=O) groups is 4. The third-order valence-electron chi connectivity index (χ3n) is 3.24. The first-order valence-corrected chi connectivity index (χ1v) is 8.39. The Labute approximate surface area is 159 Å². The van der Waals surface area contributed by atoms with Crippen LogP contribution in [0.1, 0.15) is 20.8 Å². The molecule has 1 aliphatic heterocycles. The topological polar surface area (TPSA) is 117 Å². The minimum atomic E-state index is -5.21. The molecular weight excluding hydrogens is 447 g/mol. The second-order valence-corrected chi connectivity index (χ2v) is 6.38. The lowest BCUT2D eigenvalue weighted by Crippen LogP contribution is -2.65. The van der Waals surface area contributed by atoms with Crippen LogP contribution in [0, 0.1) is 0 Å². The van der Waals surface area contributed by atoms with Crippen LogP contribution in [0.5, 0.6) is 0 Å². The number of hydrogen-bond donors (Lipinski definition) is 1. The molecular formula is C14H17BrF3NO8. The Kier molecular flexibility index (Phi) is 8.02. The molecule has 1 fully saturated rings. The van der Waals surface area contributed by atoms with Gasteiger partial charge in [-0.1, -0.05) is 15.9 Å². The molecule has 9 nitrogen and oxygen atoms in total. The largest absolute Gasteiger partial charge is 0.471 e. The minimum Gasteiger partial charge on any atom is -0.463 e. The average Bonchev–Trinajstić information content (AvgIpc) is 2.49. The lowest BCUT2D eigenvalue weighted by Gasteiger charge is -2.43. The third-order valence-corrected chi connectivity index (χ3v) is 4.03. The van der Waals surface area contributed by atoms with Gasteiger partial charge in [-0.2, -0.15) is 13.2 Å². The van der Waals surface area contributed by atoms with E-state index < -0.39 is 66.0 Å². The summed E-state index contributed by atoms with van der Waals surface area (Å²) in [5, 5.41) is 0.363. The van der Waals surface area contributed by atoms with Crippen LogP contribution in [0.4, 0.5) is 13.2 Å². The van der Waals surface area contributed by atoms with E-state index in [-0.39, 0.29) is 0 Å². The highest BCUT2D eigenvalue weighted by molar-refractivity contribution is 9.09. The van der Waals surface area contributed by atoms with Gasteiger partial charge in [0.15, 0.2) is 12.2 Å². The highest BCUT2D eigenvalue weighted by Crippen LogP contribution is 2.30.